The molecule has 112 valence electrons. The number of benzene rings is 1. The molecule has 1 amide bonds. The van der Waals surface area contributed by atoms with E-state index in [-0.39, 0.29) is 11.7 Å². The first-order chi connectivity index (χ1) is 10.6. The molecule has 2 aromatic rings. The number of hydrogen-bond acceptors (Lipinski definition) is 3. The van der Waals surface area contributed by atoms with Crippen LogP contribution in [0.5, 0.6) is 0 Å². The van der Waals surface area contributed by atoms with Crippen LogP contribution in [0, 0.1) is 5.82 Å². The summed E-state index contributed by atoms with van der Waals surface area (Å²) >= 11 is 1.33. The minimum atomic E-state index is -0.288. The summed E-state index contributed by atoms with van der Waals surface area (Å²) in [6.45, 7) is 0. The Morgan fingerprint density at radius 1 is 1.27 bits per heavy atom. The van der Waals surface area contributed by atoms with Gasteiger partial charge in [-0.05, 0) is 41.6 Å². The highest BCUT2D eigenvalue weighted by Crippen LogP contribution is 2.31. The number of hydrogen-bond donors (Lipinski definition) is 0. The molecule has 1 fully saturated rings. The molecule has 0 atom stereocenters. The van der Waals surface area contributed by atoms with Crippen LogP contribution in [0.3, 0.4) is 0 Å². The van der Waals surface area contributed by atoms with Crippen molar-refractivity contribution >= 4 is 28.9 Å². The SMILES string of the molecule is CN=C1S/C(=C\c2ccn(-c3ccccc3F)c2)C(=O)N1C. The van der Waals surface area contributed by atoms with Crippen LogP contribution in [0.1, 0.15) is 5.56 Å². The topological polar surface area (TPSA) is 37.6 Å². The zero-order valence-corrected chi connectivity index (χ0v) is 13.0. The molecule has 0 unspecified atom stereocenters. The second-order valence-electron chi connectivity index (χ2n) is 4.78. The van der Waals surface area contributed by atoms with Gasteiger partial charge >= 0.3 is 0 Å². The summed E-state index contributed by atoms with van der Waals surface area (Å²) < 4.78 is 15.5. The molecule has 2 heterocycles. The van der Waals surface area contributed by atoms with Gasteiger partial charge in [-0.15, -0.1) is 0 Å². The monoisotopic (exact) mass is 315 g/mol. The first kappa shape index (κ1) is 14.6. The Morgan fingerprint density at radius 3 is 2.73 bits per heavy atom. The Hall–Kier alpha value is -2.34. The Bertz CT molecular complexity index is 794. The molecule has 0 bridgehead atoms. The summed E-state index contributed by atoms with van der Waals surface area (Å²) in [4.78, 5) is 18.3. The molecule has 6 heteroatoms. The molecule has 0 aliphatic carbocycles. The van der Waals surface area contributed by atoms with E-state index >= 15 is 0 Å². The zero-order chi connectivity index (χ0) is 15.7. The second-order valence-corrected chi connectivity index (χ2v) is 5.79. The van der Waals surface area contributed by atoms with Crippen LogP contribution in [-0.2, 0) is 4.79 Å². The molecule has 1 aromatic carbocycles. The number of thioether (sulfide) groups is 1. The number of halogens is 1. The Kier molecular flexibility index (Phi) is 3.85. The lowest BCUT2D eigenvalue weighted by Gasteiger charge is -2.05. The fraction of sp³-hybridized carbons (Fsp3) is 0.125. The van der Waals surface area contributed by atoms with Crippen molar-refractivity contribution in [3.8, 4) is 5.69 Å². The highest BCUT2D eigenvalue weighted by molar-refractivity contribution is 8.18. The van der Waals surface area contributed by atoms with E-state index in [9.17, 15) is 9.18 Å². The summed E-state index contributed by atoms with van der Waals surface area (Å²) in [5.74, 6) is -0.368. The number of para-hydroxylation sites is 1. The third-order valence-electron chi connectivity index (χ3n) is 3.34. The van der Waals surface area contributed by atoms with Crippen molar-refractivity contribution in [3.63, 3.8) is 0 Å². The number of nitrogens with zero attached hydrogens (tertiary/aromatic N) is 3. The third-order valence-corrected chi connectivity index (χ3v) is 4.49. The first-order valence-corrected chi connectivity index (χ1v) is 7.49. The highest BCUT2D eigenvalue weighted by atomic mass is 32.2. The van der Waals surface area contributed by atoms with E-state index in [1.807, 2.05) is 6.07 Å². The first-order valence-electron chi connectivity index (χ1n) is 6.67. The van der Waals surface area contributed by atoms with E-state index < -0.39 is 0 Å². The number of aliphatic imine (C=N–C) groups is 1. The van der Waals surface area contributed by atoms with E-state index in [2.05, 4.69) is 4.99 Å². The van der Waals surface area contributed by atoms with Crippen LogP contribution in [0.2, 0.25) is 0 Å². The molecule has 0 radical (unpaired) electrons. The number of rotatable bonds is 2. The number of amides is 1. The lowest BCUT2D eigenvalue weighted by atomic mass is 10.3. The summed E-state index contributed by atoms with van der Waals surface area (Å²) in [6, 6.07) is 8.40. The van der Waals surface area contributed by atoms with Gasteiger partial charge in [0.15, 0.2) is 5.17 Å². The van der Waals surface area contributed by atoms with Crippen LogP contribution in [0.25, 0.3) is 11.8 Å². The van der Waals surface area contributed by atoms with Crippen molar-refractivity contribution in [2.45, 2.75) is 0 Å². The van der Waals surface area contributed by atoms with Crippen molar-refractivity contribution in [2.75, 3.05) is 14.1 Å². The van der Waals surface area contributed by atoms with Gasteiger partial charge in [0.1, 0.15) is 5.82 Å². The third kappa shape index (κ3) is 2.57. The Balaban J connectivity index is 1.91. The van der Waals surface area contributed by atoms with E-state index in [0.29, 0.717) is 15.8 Å². The quantitative estimate of drug-likeness (QED) is 0.799. The molecule has 4 nitrogen and oxygen atoms in total. The molecule has 0 spiro atoms. The van der Waals surface area contributed by atoms with Crippen LogP contribution < -0.4 is 0 Å². The molecule has 0 N–H and O–H groups in total. The van der Waals surface area contributed by atoms with Gasteiger partial charge in [-0.2, -0.15) is 0 Å². The largest absolute Gasteiger partial charge is 0.321 e. The van der Waals surface area contributed by atoms with E-state index in [1.165, 1.54) is 22.7 Å². The average Bonchev–Trinajstić information content (AvgIpc) is 3.08. The van der Waals surface area contributed by atoms with Gasteiger partial charge in [-0.25, -0.2) is 4.39 Å². The summed E-state index contributed by atoms with van der Waals surface area (Å²) in [6.07, 6.45) is 5.35. The normalized spacial score (nSPS) is 18.7. The molecule has 1 aliphatic heterocycles. The van der Waals surface area contributed by atoms with Gasteiger partial charge in [-0.1, -0.05) is 12.1 Å². The van der Waals surface area contributed by atoms with E-state index in [4.69, 9.17) is 0 Å². The van der Waals surface area contributed by atoms with Crippen molar-refractivity contribution in [2.24, 2.45) is 4.99 Å². The Morgan fingerprint density at radius 2 is 2.05 bits per heavy atom. The van der Waals surface area contributed by atoms with Crippen molar-refractivity contribution in [1.29, 1.82) is 0 Å². The Labute approximate surface area is 132 Å². The lowest BCUT2D eigenvalue weighted by molar-refractivity contribution is -0.121. The lowest BCUT2D eigenvalue weighted by Crippen LogP contribution is -2.23. The van der Waals surface area contributed by atoms with Gasteiger partial charge in [0.2, 0.25) is 0 Å². The minimum absolute atomic E-state index is 0.0794. The fourth-order valence-corrected chi connectivity index (χ4v) is 3.14. The summed E-state index contributed by atoms with van der Waals surface area (Å²) in [5.41, 5.74) is 1.32. The van der Waals surface area contributed by atoms with Gasteiger partial charge in [0.25, 0.3) is 5.91 Å². The maximum Gasteiger partial charge on any atom is 0.266 e. The van der Waals surface area contributed by atoms with Gasteiger partial charge in [0, 0.05) is 26.5 Å². The minimum Gasteiger partial charge on any atom is -0.321 e. The zero-order valence-electron chi connectivity index (χ0n) is 12.2. The number of carbonyl (C=O) groups is 1. The maximum atomic E-state index is 13.8. The molecule has 0 saturated carbocycles. The standard InChI is InChI=1S/C16H14FN3OS/c1-18-16-19(2)15(21)14(22-16)9-11-7-8-20(10-11)13-6-4-3-5-12(13)17/h3-10H,1-2H3/b14-9-,18-16?. The smallest absolute Gasteiger partial charge is 0.266 e. The number of likely N-dealkylation sites (N-methyl/N-ethyl adjacent to an activating group) is 1. The summed E-state index contributed by atoms with van der Waals surface area (Å²) in [7, 11) is 3.35. The molecular formula is C16H14FN3OS. The number of amidine groups is 1. The summed E-state index contributed by atoms with van der Waals surface area (Å²) in [5, 5.41) is 0.671. The molecular weight excluding hydrogens is 301 g/mol. The van der Waals surface area contributed by atoms with Crippen LogP contribution in [0.4, 0.5) is 4.39 Å². The van der Waals surface area contributed by atoms with E-state index in [1.54, 1.807) is 55.3 Å². The predicted octanol–water partition coefficient (Wildman–Crippen LogP) is 3.15. The van der Waals surface area contributed by atoms with Crippen LogP contribution in [-0.4, -0.2) is 34.6 Å². The fourth-order valence-electron chi connectivity index (χ4n) is 2.21. The number of carbonyl (C=O) groups excluding carboxylic acids is 1. The second kappa shape index (κ2) is 5.81. The molecule has 1 aliphatic rings. The van der Waals surface area contributed by atoms with Crippen molar-refractivity contribution in [3.05, 3.63) is 59.0 Å². The van der Waals surface area contributed by atoms with Crippen LogP contribution >= 0.6 is 11.8 Å². The van der Waals surface area contributed by atoms with Gasteiger partial charge < -0.3 is 4.57 Å². The van der Waals surface area contributed by atoms with E-state index in [0.717, 1.165) is 5.56 Å². The predicted molar refractivity (Wildman–Crippen MR) is 87.4 cm³/mol. The molecule has 1 aromatic heterocycles. The van der Waals surface area contributed by atoms with Gasteiger partial charge in [0.05, 0.1) is 10.6 Å². The molecule has 3 rings (SSSR count). The molecule has 22 heavy (non-hydrogen) atoms. The highest BCUT2D eigenvalue weighted by Gasteiger charge is 2.29. The molecule has 1 saturated heterocycles. The van der Waals surface area contributed by atoms with Gasteiger partial charge in [-0.3, -0.25) is 14.7 Å². The van der Waals surface area contributed by atoms with Crippen LogP contribution in [0.15, 0.2) is 52.6 Å². The maximum absolute atomic E-state index is 13.8. The van der Waals surface area contributed by atoms with Crippen molar-refractivity contribution in [1.82, 2.24) is 9.47 Å². The van der Waals surface area contributed by atoms with Crippen molar-refractivity contribution < 1.29 is 9.18 Å². The number of aromatic nitrogens is 1. The average molecular weight is 315 g/mol.